The highest BCUT2D eigenvalue weighted by Crippen LogP contribution is 1.92. The van der Waals surface area contributed by atoms with Gasteiger partial charge in [0.25, 0.3) is 0 Å². The lowest BCUT2D eigenvalue weighted by Crippen LogP contribution is -2.38. The highest BCUT2D eigenvalue weighted by atomic mass is 127. The third-order valence-corrected chi connectivity index (χ3v) is 2.95. The van der Waals surface area contributed by atoms with Crippen molar-refractivity contribution in [2.75, 3.05) is 59.8 Å². The topological polar surface area (TPSA) is 64.1 Å². The predicted molar refractivity (Wildman–Crippen MR) is 107 cm³/mol. The molecule has 0 aliphatic carbocycles. The van der Waals surface area contributed by atoms with Gasteiger partial charge >= 0.3 is 0 Å². The summed E-state index contributed by atoms with van der Waals surface area (Å²) >= 11 is 0. The third kappa shape index (κ3) is 19.8. The van der Waals surface area contributed by atoms with Crippen LogP contribution in [0.2, 0.25) is 0 Å². The molecule has 0 aliphatic heterocycles. The number of ether oxygens (including phenoxy) is 3. The normalized spacial score (nSPS) is 11.2. The summed E-state index contributed by atoms with van der Waals surface area (Å²) in [6.07, 6.45) is 4.24. The molecule has 6 nitrogen and oxygen atoms in total. The Morgan fingerprint density at radius 3 is 2.30 bits per heavy atom. The van der Waals surface area contributed by atoms with Crippen molar-refractivity contribution in [1.82, 2.24) is 10.6 Å². The molecule has 0 spiro atoms. The zero-order chi connectivity index (χ0) is 16.3. The average molecular weight is 445 g/mol. The number of methoxy groups -OCH3 is 1. The molecule has 23 heavy (non-hydrogen) atoms. The van der Waals surface area contributed by atoms with E-state index < -0.39 is 0 Å². The minimum absolute atomic E-state index is 0. The van der Waals surface area contributed by atoms with Crippen molar-refractivity contribution < 1.29 is 14.2 Å². The summed E-state index contributed by atoms with van der Waals surface area (Å²) in [5.41, 5.74) is 0. The van der Waals surface area contributed by atoms with Crippen LogP contribution in [0.4, 0.5) is 0 Å². The molecular weight excluding hydrogens is 409 g/mol. The Hall–Kier alpha value is -0.120. The molecular formula is C16H36IN3O3. The van der Waals surface area contributed by atoms with Crippen LogP contribution < -0.4 is 10.6 Å². The standard InChI is InChI=1S/C16H35N3O3.HI/c1-4-17-16(18-10-6-8-12-21-5-2)19-11-7-9-13-22-15-14-20-3;/h4-15H2,1-3H3,(H2,17,18,19);1H. The van der Waals surface area contributed by atoms with Crippen molar-refractivity contribution in [1.29, 1.82) is 0 Å². The Morgan fingerprint density at radius 1 is 0.870 bits per heavy atom. The fraction of sp³-hybridized carbons (Fsp3) is 0.938. The lowest BCUT2D eigenvalue weighted by atomic mass is 10.3. The molecule has 0 saturated heterocycles. The van der Waals surface area contributed by atoms with Gasteiger partial charge in [-0.1, -0.05) is 0 Å². The SMILES string of the molecule is CCNC(=NCCCCOCC)NCCCCOCCOC.I. The number of hydrogen-bond acceptors (Lipinski definition) is 4. The number of nitrogens with zero attached hydrogens (tertiary/aromatic N) is 1. The molecule has 0 saturated carbocycles. The first-order chi connectivity index (χ1) is 10.8. The molecule has 0 unspecified atom stereocenters. The van der Waals surface area contributed by atoms with Gasteiger partial charge in [0.1, 0.15) is 0 Å². The molecule has 0 aromatic carbocycles. The Morgan fingerprint density at radius 2 is 1.61 bits per heavy atom. The number of nitrogens with one attached hydrogen (secondary N) is 2. The molecule has 0 rings (SSSR count). The summed E-state index contributed by atoms with van der Waals surface area (Å²) < 4.78 is 15.7. The lowest BCUT2D eigenvalue weighted by Gasteiger charge is -2.11. The number of halogens is 1. The zero-order valence-corrected chi connectivity index (χ0v) is 17.4. The van der Waals surface area contributed by atoms with E-state index in [4.69, 9.17) is 14.2 Å². The number of guanidine groups is 1. The monoisotopic (exact) mass is 445 g/mol. The summed E-state index contributed by atoms with van der Waals surface area (Å²) in [5, 5.41) is 6.62. The van der Waals surface area contributed by atoms with E-state index in [0.717, 1.165) is 71.1 Å². The van der Waals surface area contributed by atoms with Gasteiger partial charge in [-0.15, -0.1) is 24.0 Å². The van der Waals surface area contributed by atoms with Crippen LogP contribution in [0.5, 0.6) is 0 Å². The minimum atomic E-state index is 0. The molecule has 0 aromatic heterocycles. The van der Waals surface area contributed by atoms with E-state index in [2.05, 4.69) is 22.5 Å². The quantitative estimate of drug-likeness (QED) is 0.176. The van der Waals surface area contributed by atoms with Gasteiger partial charge in [0, 0.05) is 46.6 Å². The molecule has 0 atom stereocenters. The number of hydrogen-bond donors (Lipinski definition) is 2. The van der Waals surface area contributed by atoms with Gasteiger partial charge < -0.3 is 24.8 Å². The van der Waals surface area contributed by atoms with Gasteiger partial charge in [-0.25, -0.2) is 0 Å². The fourth-order valence-corrected chi connectivity index (χ4v) is 1.77. The number of aliphatic imine (C=N–C) groups is 1. The average Bonchev–Trinajstić information content (AvgIpc) is 2.53. The van der Waals surface area contributed by atoms with Crippen LogP contribution in [-0.2, 0) is 14.2 Å². The highest BCUT2D eigenvalue weighted by Gasteiger charge is 1.97. The molecule has 0 radical (unpaired) electrons. The molecule has 0 aliphatic rings. The van der Waals surface area contributed by atoms with Crippen molar-refractivity contribution >= 4 is 29.9 Å². The maximum atomic E-state index is 5.43. The predicted octanol–water partition coefficient (Wildman–Crippen LogP) is 2.42. The maximum Gasteiger partial charge on any atom is 0.191 e. The first-order valence-electron chi connectivity index (χ1n) is 8.51. The van der Waals surface area contributed by atoms with Crippen LogP contribution in [0.3, 0.4) is 0 Å². The molecule has 0 bridgehead atoms. The van der Waals surface area contributed by atoms with Gasteiger partial charge in [-0.3, -0.25) is 4.99 Å². The van der Waals surface area contributed by atoms with Crippen molar-refractivity contribution in [3.05, 3.63) is 0 Å². The van der Waals surface area contributed by atoms with Gasteiger partial charge in [0.2, 0.25) is 0 Å². The van der Waals surface area contributed by atoms with Crippen LogP contribution >= 0.6 is 24.0 Å². The Balaban J connectivity index is 0. The van der Waals surface area contributed by atoms with Gasteiger partial charge in [-0.05, 0) is 39.5 Å². The molecule has 0 amide bonds. The van der Waals surface area contributed by atoms with E-state index in [1.165, 1.54) is 0 Å². The van der Waals surface area contributed by atoms with Crippen molar-refractivity contribution in [2.24, 2.45) is 4.99 Å². The van der Waals surface area contributed by atoms with Crippen LogP contribution in [-0.4, -0.2) is 65.7 Å². The van der Waals surface area contributed by atoms with E-state index in [9.17, 15) is 0 Å². The Bertz CT molecular complexity index is 257. The molecule has 0 aromatic rings. The summed E-state index contributed by atoms with van der Waals surface area (Å²) in [6, 6.07) is 0. The highest BCUT2D eigenvalue weighted by molar-refractivity contribution is 14.0. The van der Waals surface area contributed by atoms with Gasteiger partial charge in [0.05, 0.1) is 13.2 Å². The number of rotatable bonds is 15. The molecule has 7 heteroatoms. The summed E-state index contributed by atoms with van der Waals surface area (Å²) in [6.45, 7) is 10.5. The first-order valence-corrected chi connectivity index (χ1v) is 8.51. The smallest absolute Gasteiger partial charge is 0.191 e. The molecule has 0 fully saturated rings. The van der Waals surface area contributed by atoms with E-state index in [0.29, 0.717) is 13.2 Å². The lowest BCUT2D eigenvalue weighted by molar-refractivity contribution is 0.0689. The second kappa shape index (κ2) is 21.9. The van der Waals surface area contributed by atoms with E-state index in [-0.39, 0.29) is 24.0 Å². The van der Waals surface area contributed by atoms with E-state index in [1.807, 2.05) is 6.92 Å². The van der Waals surface area contributed by atoms with Crippen LogP contribution in [0.25, 0.3) is 0 Å². The fourth-order valence-electron chi connectivity index (χ4n) is 1.77. The van der Waals surface area contributed by atoms with E-state index in [1.54, 1.807) is 7.11 Å². The zero-order valence-electron chi connectivity index (χ0n) is 15.1. The van der Waals surface area contributed by atoms with Crippen LogP contribution in [0, 0.1) is 0 Å². The van der Waals surface area contributed by atoms with Crippen molar-refractivity contribution in [2.45, 2.75) is 39.5 Å². The minimum Gasteiger partial charge on any atom is -0.382 e. The van der Waals surface area contributed by atoms with Crippen molar-refractivity contribution in [3.8, 4) is 0 Å². The van der Waals surface area contributed by atoms with Gasteiger partial charge in [0.15, 0.2) is 5.96 Å². The van der Waals surface area contributed by atoms with Crippen LogP contribution in [0.15, 0.2) is 4.99 Å². The Labute approximate surface area is 159 Å². The van der Waals surface area contributed by atoms with Gasteiger partial charge in [-0.2, -0.15) is 0 Å². The first kappa shape index (κ1) is 25.1. The molecule has 0 heterocycles. The molecule has 140 valence electrons. The number of unbranched alkanes of at least 4 members (excludes halogenated alkanes) is 2. The van der Waals surface area contributed by atoms with Crippen LogP contribution in [0.1, 0.15) is 39.5 Å². The molecule has 2 N–H and O–H groups in total. The second-order valence-corrected chi connectivity index (χ2v) is 4.90. The second-order valence-electron chi connectivity index (χ2n) is 4.90. The Kier molecular flexibility index (Phi) is 23.9. The summed E-state index contributed by atoms with van der Waals surface area (Å²) in [7, 11) is 1.69. The van der Waals surface area contributed by atoms with E-state index >= 15 is 0 Å². The summed E-state index contributed by atoms with van der Waals surface area (Å²) in [5.74, 6) is 0.902. The maximum absolute atomic E-state index is 5.43. The van der Waals surface area contributed by atoms with Crippen molar-refractivity contribution in [3.63, 3.8) is 0 Å². The largest absolute Gasteiger partial charge is 0.382 e. The third-order valence-electron chi connectivity index (χ3n) is 2.95. The summed E-state index contributed by atoms with van der Waals surface area (Å²) in [4.78, 5) is 4.56.